The molecule has 3 aromatic rings. The van der Waals surface area contributed by atoms with Crippen molar-refractivity contribution in [2.45, 2.75) is 32.7 Å². The molecule has 0 fully saturated rings. The third-order valence-electron chi connectivity index (χ3n) is 4.43. The van der Waals surface area contributed by atoms with E-state index in [2.05, 4.69) is 31.1 Å². The molecule has 27 heavy (non-hydrogen) atoms. The van der Waals surface area contributed by atoms with Gasteiger partial charge >= 0.3 is 0 Å². The number of fused-ring (bicyclic) bond motifs is 1. The summed E-state index contributed by atoms with van der Waals surface area (Å²) < 4.78 is 1.88. The molecule has 0 spiro atoms. The number of amides is 1. The molecule has 2 aromatic heterocycles. The molecular formula is C20H27ClN4OS. The van der Waals surface area contributed by atoms with Crippen LogP contribution >= 0.6 is 23.7 Å². The summed E-state index contributed by atoms with van der Waals surface area (Å²) in [5.74, 6) is 0.395. The molecule has 0 bridgehead atoms. The zero-order valence-electron chi connectivity index (χ0n) is 16.0. The Morgan fingerprint density at radius 1 is 1.30 bits per heavy atom. The smallest absolute Gasteiger partial charge is 0.264 e. The Labute approximate surface area is 170 Å². The van der Waals surface area contributed by atoms with Gasteiger partial charge in [-0.1, -0.05) is 44.2 Å². The van der Waals surface area contributed by atoms with Gasteiger partial charge in [0.05, 0.1) is 10.6 Å². The van der Waals surface area contributed by atoms with Crippen molar-refractivity contribution < 1.29 is 4.79 Å². The van der Waals surface area contributed by atoms with Crippen LogP contribution in [-0.4, -0.2) is 33.7 Å². The average Bonchev–Trinajstić information content (AvgIpc) is 3.19. The van der Waals surface area contributed by atoms with Crippen molar-refractivity contribution in [2.75, 3.05) is 13.1 Å². The van der Waals surface area contributed by atoms with Gasteiger partial charge in [-0.15, -0.1) is 23.7 Å². The van der Waals surface area contributed by atoms with Crippen LogP contribution in [0.3, 0.4) is 0 Å². The number of carbonyl (C=O) groups is 1. The van der Waals surface area contributed by atoms with Gasteiger partial charge in [0, 0.05) is 25.5 Å². The number of nitrogens with zero attached hydrogens (tertiary/aromatic N) is 3. The third-order valence-corrected chi connectivity index (χ3v) is 5.62. The van der Waals surface area contributed by atoms with Gasteiger partial charge in [0.15, 0.2) is 0 Å². The zero-order chi connectivity index (χ0) is 18.7. The second kappa shape index (κ2) is 9.35. The molecule has 0 saturated heterocycles. The Bertz CT molecular complexity index is 888. The topological polar surface area (TPSA) is 64.2 Å². The molecular weight excluding hydrogens is 380 g/mol. The van der Waals surface area contributed by atoms with Gasteiger partial charge < -0.3 is 10.6 Å². The number of carbonyl (C=O) groups excluding carboxylic acids is 1. The molecule has 0 aliphatic carbocycles. The number of thiophene rings is 1. The van der Waals surface area contributed by atoms with Crippen molar-refractivity contribution in [2.24, 2.45) is 12.8 Å². The Morgan fingerprint density at radius 2 is 2.00 bits per heavy atom. The molecule has 0 atom stereocenters. The lowest BCUT2D eigenvalue weighted by molar-refractivity contribution is 0.0747. The lowest BCUT2D eigenvalue weighted by Gasteiger charge is -2.22. The quantitative estimate of drug-likeness (QED) is 0.640. The van der Waals surface area contributed by atoms with E-state index in [0.717, 1.165) is 32.8 Å². The fourth-order valence-corrected chi connectivity index (χ4v) is 4.14. The maximum absolute atomic E-state index is 13.2. The van der Waals surface area contributed by atoms with Crippen molar-refractivity contribution in [3.63, 3.8) is 0 Å². The van der Waals surface area contributed by atoms with E-state index in [1.807, 2.05) is 40.9 Å². The SMILES string of the molecule is CC(C)c1nn(C)c2sc(C(=O)N(CCCN)Cc3ccccc3)cc12.Cl. The number of halogens is 1. The van der Waals surface area contributed by atoms with Crippen LogP contribution in [0.15, 0.2) is 36.4 Å². The summed E-state index contributed by atoms with van der Waals surface area (Å²) in [5, 5.41) is 5.69. The Balaban J connectivity index is 0.00000261. The fraction of sp³-hybridized carbons (Fsp3) is 0.400. The van der Waals surface area contributed by atoms with Crippen molar-refractivity contribution in [3.05, 3.63) is 52.5 Å². The minimum atomic E-state index is 0. The van der Waals surface area contributed by atoms with E-state index in [4.69, 9.17) is 5.73 Å². The molecule has 5 nitrogen and oxygen atoms in total. The van der Waals surface area contributed by atoms with E-state index < -0.39 is 0 Å². The minimum Gasteiger partial charge on any atom is -0.334 e. The predicted molar refractivity (Wildman–Crippen MR) is 115 cm³/mol. The van der Waals surface area contributed by atoms with Crippen molar-refractivity contribution >= 4 is 39.9 Å². The van der Waals surface area contributed by atoms with Gasteiger partial charge in [-0.2, -0.15) is 5.10 Å². The maximum Gasteiger partial charge on any atom is 0.264 e. The number of aromatic nitrogens is 2. The molecule has 7 heteroatoms. The van der Waals surface area contributed by atoms with Crippen molar-refractivity contribution in [1.82, 2.24) is 14.7 Å². The molecule has 2 N–H and O–H groups in total. The van der Waals surface area contributed by atoms with Crippen LogP contribution in [0, 0.1) is 0 Å². The lowest BCUT2D eigenvalue weighted by atomic mass is 10.1. The summed E-state index contributed by atoms with van der Waals surface area (Å²) in [6.45, 7) is 6.09. The summed E-state index contributed by atoms with van der Waals surface area (Å²) in [6.07, 6.45) is 0.794. The highest BCUT2D eigenvalue weighted by atomic mass is 35.5. The number of nitrogens with two attached hydrogens (primary N) is 1. The first-order valence-corrected chi connectivity index (χ1v) is 9.82. The summed E-state index contributed by atoms with van der Waals surface area (Å²) in [5.41, 5.74) is 7.86. The van der Waals surface area contributed by atoms with Crippen LogP contribution in [-0.2, 0) is 13.6 Å². The molecule has 2 heterocycles. The van der Waals surface area contributed by atoms with E-state index in [1.54, 1.807) is 0 Å². The normalized spacial score (nSPS) is 11.0. The van der Waals surface area contributed by atoms with Crippen LogP contribution in [0.5, 0.6) is 0 Å². The minimum absolute atomic E-state index is 0. The Morgan fingerprint density at radius 3 is 2.63 bits per heavy atom. The molecule has 0 aliphatic heterocycles. The number of rotatable bonds is 7. The summed E-state index contributed by atoms with van der Waals surface area (Å²) in [6, 6.07) is 12.1. The molecule has 0 radical (unpaired) electrons. The Kier molecular flexibility index (Phi) is 7.41. The standard InChI is InChI=1S/C20H26N4OS.ClH/c1-14(2)18-16-12-17(26-20(16)23(3)22-18)19(25)24(11-7-10-21)13-15-8-5-4-6-9-15;/h4-6,8-9,12,14H,7,10-11,13,21H2,1-3H3;1H. The van der Waals surface area contributed by atoms with E-state index in [1.165, 1.54) is 11.3 Å². The predicted octanol–water partition coefficient (Wildman–Crippen LogP) is 4.17. The van der Waals surface area contributed by atoms with Crippen LogP contribution in [0.25, 0.3) is 10.2 Å². The van der Waals surface area contributed by atoms with Gasteiger partial charge in [-0.3, -0.25) is 9.48 Å². The number of benzene rings is 1. The van der Waals surface area contributed by atoms with Gasteiger partial charge in [-0.05, 0) is 30.5 Å². The number of aryl methyl sites for hydroxylation is 1. The molecule has 0 unspecified atom stereocenters. The van der Waals surface area contributed by atoms with Crippen molar-refractivity contribution in [1.29, 1.82) is 0 Å². The number of hydrogen-bond donors (Lipinski definition) is 1. The number of hydrogen-bond acceptors (Lipinski definition) is 4. The van der Waals surface area contributed by atoms with Gasteiger partial charge in [0.2, 0.25) is 0 Å². The fourth-order valence-electron chi connectivity index (χ4n) is 3.09. The monoisotopic (exact) mass is 406 g/mol. The molecule has 0 saturated carbocycles. The van der Waals surface area contributed by atoms with Crippen LogP contribution in [0.4, 0.5) is 0 Å². The molecule has 146 valence electrons. The molecule has 1 aromatic carbocycles. The van der Waals surface area contributed by atoms with E-state index >= 15 is 0 Å². The average molecular weight is 407 g/mol. The summed E-state index contributed by atoms with van der Waals surface area (Å²) >= 11 is 1.52. The first-order valence-electron chi connectivity index (χ1n) is 9.01. The second-order valence-corrected chi connectivity index (χ2v) is 7.88. The molecule has 0 aliphatic rings. The van der Waals surface area contributed by atoms with Crippen LogP contribution in [0.1, 0.15) is 47.1 Å². The highest BCUT2D eigenvalue weighted by Crippen LogP contribution is 2.32. The van der Waals surface area contributed by atoms with Crippen LogP contribution in [0.2, 0.25) is 0 Å². The highest BCUT2D eigenvalue weighted by molar-refractivity contribution is 7.20. The first-order chi connectivity index (χ1) is 12.5. The second-order valence-electron chi connectivity index (χ2n) is 6.85. The van der Waals surface area contributed by atoms with E-state index in [9.17, 15) is 4.79 Å². The zero-order valence-corrected chi connectivity index (χ0v) is 17.6. The van der Waals surface area contributed by atoms with Crippen LogP contribution < -0.4 is 5.73 Å². The van der Waals surface area contributed by atoms with E-state index in [-0.39, 0.29) is 18.3 Å². The maximum atomic E-state index is 13.2. The largest absolute Gasteiger partial charge is 0.334 e. The van der Waals surface area contributed by atoms with Gasteiger partial charge in [-0.25, -0.2) is 0 Å². The first kappa shape index (κ1) is 21.4. The van der Waals surface area contributed by atoms with Crippen molar-refractivity contribution in [3.8, 4) is 0 Å². The van der Waals surface area contributed by atoms with Gasteiger partial charge in [0.1, 0.15) is 4.83 Å². The summed E-state index contributed by atoms with van der Waals surface area (Å²) in [4.78, 5) is 16.9. The molecule has 1 amide bonds. The lowest BCUT2D eigenvalue weighted by Crippen LogP contribution is -2.32. The van der Waals surface area contributed by atoms with Gasteiger partial charge in [0.25, 0.3) is 5.91 Å². The Hall–Kier alpha value is -1.89. The molecule has 3 rings (SSSR count). The summed E-state index contributed by atoms with van der Waals surface area (Å²) in [7, 11) is 1.94. The third kappa shape index (κ3) is 4.69. The highest BCUT2D eigenvalue weighted by Gasteiger charge is 2.22. The van der Waals surface area contributed by atoms with E-state index in [0.29, 0.717) is 25.6 Å².